The Hall–Kier alpha value is -0.330. The fraction of sp³-hybridized carbons (Fsp3) is 0.417. The molecular formula is C12H16ClIN2O. The SMILES string of the molecule is CC(C)C(CN)C(=O)Nc1ccc(I)cc1Cl. The van der Waals surface area contributed by atoms with Crippen molar-refractivity contribution < 1.29 is 4.79 Å². The van der Waals surface area contributed by atoms with Crippen molar-refractivity contribution in [1.82, 2.24) is 0 Å². The summed E-state index contributed by atoms with van der Waals surface area (Å²) in [6.07, 6.45) is 0. The lowest BCUT2D eigenvalue weighted by Crippen LogP contribution is -2.33. The Kier molecular flexibility index (Phi) is 5.69. The molecule has 17 heavy (non-hydrogen) atoms. The maximum Gasteiger partial charge on any atom is 0.229 e. The van der Waals surface area contributed by atoms with E-state index in [2.05, 4.69) is 27.9 Å². The monoisotopic (exact) mass is 366 g/mol. The largest absolute Gasteiger partial charge is 0.330 e. The Morgan fingerprint density at radius 2 is 2.18 bits per heavy atom. The van der Waals surface area contributed by atoms with Gasteiger partial charge in [-0.25, -0.2) is 0 Å². The first-order chi connectivity index (χ1) is 7.95. The van der Waals surface area contributed by atoms with Gasteiger partial charge in [0.15, 0.2) is 0 Å². The molecule has 0 aromatic heterocycles. The zero-order valence-corrected chi connectivity index (χ0v) is 12.7. The van der Waals surface area contributed by atoms with E-state index in [1.807, 2.05) is 26.0 Å². The van der Waals surface area contributed by atoms with Crippen LogP contribution in [0.3, 0.4) is 0 Å². The van der Waals surface area contributed by atoms with E-state index in [1.54, 1.807) is 6.07 Å². The molecular weight excluding hydrogens is 351 g/mol. The van der Waals surface area contributed by atoms with E-state index in [4.69, 9.17) is 17.3 Å². The van der Waals surface area contributed by atoms with Gasteiger partial charge in [-0.3, -0.25) is 4.79 Å². The molecule has 0 bridgehead atoms. The second-order valence-electron chi connectivity index (χ2n) is 4.20. The van der Waals surface area contributed by atoms with E-state index < -0.39 is 0 Å². The first-order valence-corrected chi connectivity index (χ1v) is 6.87. The van der Waals surface area contributed by atoms with Crippen LogP contribution in [-0.4, -0.2) is 12.5 Å². The molecule has 0 spiro atoms. The Labute approximate surface area is 120 Å². The number of anilines is 1. The summed E-state index contributed by atoms with van der Waals surface area (Å²) in [5.41, 5.74) is 6.23. The van der Waals surface area contributed by atoms with Gasteiger partial charge in [-0.2, -0.15) is 0 Å². The molecule has 1 aromatic carbocycles. The van der Waals surface area contributed by atoms with Crippen LogP contribution in [0.1, 0.15) is 13.8 Å². The molecule has 1 unspecified atom stereocenters. The number of rotatable bonds is 4. The molecule has 3 N–H and O–H groups in total. The third-order valence-corrected chi connectivity index (χ3v) is 3.57. The van der Waals surface area contributed by atoms with E-state index in [9.17, 15) is 4.79 Å². The number of amides is 1. The summed E-state index contributed by atoms with van der Waals surface area (Å²) >= 11 is 8.22. The number of halogens is 2. The number of benzene rings is 1. The predicted molar refractivity (Wildman–Crippen MR) is 80.2 cm³/mol. The normalized spacial score (nSPS) is 12.6. The molecule has 1 atom stereocenters. The third-order valence-electron chi connectivity index (χ3n) is 2.58. The molecule has 1 rings (SSSR count). The van der Waals surface area contributed by atoms with Gasteiger partial charge in [0.05, 0.1) is 16.6 Å². The van der Waals surface area contributed by atoms with Crippen molar-refractivity contribution in [3.63, 3.8) is 0 Å². The van der Waals surface area contributed by atoms with Crippen LogP contribution in [0, 0.1) is 15.4 Å². The number of carbonyl (C=O) groups excluding carboxylic acids is 1. The van der Waals surface area contributed by atoms with Crippen LogP contribution in [0.4, 0.5) is 5.69 Å². The number of hydrogen-bond acceptors (Lipinski definition) is 2. The van der Waals surface area contributed by atoms with Crippen molar-refractivity contribution in [1.29, 1.82) is 0 Å². The minimum Gasteiger partial charge on any atom is -0.330 e. The highest BCUT2D eigenvalue weighted by molar-refractivity contribution is 14.1. The summed E-state index contributed by atoms with van der Waals surface area (Å²) in [7, 11) is 0. The van der Waals surface area contributed by atoms with Gasteiger partial charge >= 0.3 is 0 Å². The molecule has 0 aliphatic heterocycles. The van der Waals surface area contributed by atoms with Crippen molar-refractivity contribution >= 4 is 45.8 Å². The molecule has 0 saturated carbocycles. The standard InChI is InChI=1S/C12H16ClIN2O/c1-7(2)9(6-15)12(17)16-11-4-3-8(14)5-10(11)13/h3-5,7,9H,6,15H2,1-2H3,(H,16,17). The first kappa shape index (κ1) is 14.7. The number of hydrogen-bond donors (Lipinski definition) is 2. The Bertz CT molecular complexity index is 409. The zero-order valence-electron chi connectivity index (χ0n) is 9.84. The summed E-state index contributed by atoms with van der Waals surface area (Å²) in [4.78, 5) is 12.0. The molecule has 3 nitrogen and oxygen atoms in total. The van der Waals surface area contributed by atoms with E-state index in [-0.39, 0.29) is 17.7 Å². The Morgan fingerprint density at radius 3 is 2.65 bits per heavy atom. The maximum atomic E-state index is 12.0. The molecule has 5 heteroatoms. The van der Waals surface area contributed by atoms with Crippen LogP contribution in [0.2, 0.25) is 5.02 Å². The fourth-order valence-electron chi connectivity index (χ4n) is 1.50. The average molecular weight is 367 g/mol. The van der Waals surface area contributed by atoms with Crippen LogP contribution < -0.4 is 11.1 Å². The van der Waals surface area contributed by atoms with E-state index in [0.717, 1.165) is 3.57 Å². The van der Waals surface area contributed by atoms with Gasteiger partial charge in [0.2, 0.25) is 5.91 Å². The van der Waals surface area contributed by atoms with Crippen molar-refractivity contribution in [2.75, 3.05) is 11.9 Å². The minimum absolute atomic E-state index is 0.0781. The van der Waals surface area contributed by atoms with Crippen molar-refractivity contribution in [2.24, 2.45) is 17.6 Å². The summed E-state index contributed by atoms with van der Waals surface area (Å²) in [6, 6.07) is 5.51. The van der Waals surface area contributed by atoms with Crippen LogP contribution in [0.25, 0.3) is 0 Å². The lowest BCUT2D eigenvalue weighted by Gasteiger charge is -2.18. The van der Waals surface area contributed by atoms with E-state index in [0.29, 0.717) is 17.3 Å². The van der Waals surface area contributed by atoms with Crippen molar-refractivity contribution in [3.8, 4) is 0 Å². The third kappa shape index (κ3) is 4.12. The summed E-state index contributed by atoms with van der Waals surface area (Å²) in [6.45, 7) is 4.30. The first-order valence-electron chi connectivity index (χ1n) is 5.41. The summed E-state index contributed by atoms with van der Waals surface area (Å²) in [5.74, 6) is -0.0569. The predicted octanol–water partition coefficient (Wildman–Crippen LogP) is 3.11. The van der Waals surface area contributed by atoms with Gasteiger partial charge < -0.3 is 11.1 Å². The number of carbonyl (C=O) groups is 1. The molecule has 0 radical (unpaired) electrons. The van der Waals surface area contributed by atoms with Gasteiger partial charge in [-0.1, -0.05) is 25.4 Å². The molecule has 94 valence electrons. The smallest absolute Gasteiger partial charge is 0.229 e. The van der Waals surface area contributed by atoms with Crippen LogP contribution in [-0.2, 0) is 4.79 Å². The average Bonchev–Trinajstić information content (AvgIpc) is 2.22. The molecule has 0 saturated heterocycles. The summed E-state index contributed by atoms with van der Waals surface area (Å²) in [5, 5.41) is 3.36. The lowest BCUT2D eigenvalue weighted by molar-refractivity contribution is -0.120. The van der Waals surface area contributed by atoms with Gasteiger partial charge in [0.25, 0.3) is 0 Å². The zero-order chi connectivity index (χ0) is 13.0. The topological polar surface area (TPSA) is 55.1 Å². The second-order valence-corrected chi connectivity index (χ2v) is 5.85. The number of nitrogens with one attached hydrogen (secondary N) is 1. The molecule has 0 aliphatic rings. The molecule has 0 fully saturated rings. The Morgan fingerprint density at radius 1 is 1.53 bits per heavy atom. The van der Waals surface area contributed by atoms with Gasteiger partial charge in [0, 0.05) is 10.1 Å². The highest BCUT2D eigenvalue weighted by Crippen LogP contribution is 2.24. The minimum atomic E-state index is -0.189. The van der Waals surface area contributed by atoms with Crippen LogP contribution in [0.5, 0.6) is 0 Å². The van der Waals surface area contributed by atoms with Gasteiger partial charge in [0.1, 0.15) is 0 Å². The second kappa shape index (κ2) is 6.56. The lowest BCUT2D eigenvalue weighted by atomic mass is 9.95. The molecule has 1 aromatic rings. The Balaban J connectivity index is 2.80. The molecule has 1 amide bonds. The van der Waals surface area contributed by atoms with Crippen LogP contribution in [0.15, 0.2) is 18.2 Å². The van der Waals surface area contributed by atoms with Gasteiger partial charge in [-0.15, -0.1) is 0 Å². The van der Waals surface area contributed by atoms with Crippen molar-refractivity contribution in [2.45, 2.75) is 13.8 Å². The number of nitrogens with two attached hydrogens (primary N) is 1. The summed E-state index contributed by atoms with van der Waals surface area (Å²) < 4.78 is 1.03. The molecule has 0 aliphatic carbocycles. The highest BCUT2D eigenvalue weighted by Gasteiger charge is 2.21. The highest BCUT2D eigenvalue weighted by atomic mass is 127. The van der Waals surface area contributed by atoms with Crippen molar-refractivity contribution in [3.05, 3.63) is 26.8 Å². The maximum absolute atomic E-state index is 12.0. The molecule has 0 heterocycles. The van der Waals surface area contributed by atoms with E-state index in [1.165, 1.54) is 0 Å². The van der Waals surface area contributed by atoms with Crippen LogP contribution >= 0.6 is 34.2 Å². The fourth-order valence-corrected chi connectivity index (χ4v) is 2.40. The quantitative estimate of drug-likeness (QED) is 0.805. The van der Waals surface area contributed by atoms with Gasteiger partial charge in [-0.05, 0) is 46.7 Å². The van der Waals surface area contributed by atoms with E-state index >= 15 is 0 Å².